The summed E-state index contributed by atoms with van der Waals surface area (Å²) in [5, 5.41) is 12.0. The second-order valence-corrected chi connectivity index (χ2v) is 4.31. The number of nitrogens with zero attached hydrogens (tertiary/aromatic N) is 2. The number of aromatic hydroxyl groups is 1. The Labute approximate surface area is 101 Å². The molecule has 3 rings (SSSR count). The summed E-state index contributed by atoms with van der Waals surface area (Å²) in [6, 6.07) is 8.45. The van der Waals surface area contributed by atoms with E-state index in [0.717, 1.165) is 10.2 Å². The van der Waals surface area contributed by atoms with Crippen molar-refractivity contribution in [2.24, 2.45) is 0 Å². The highest BCUT2D eigenvalue weighted by Gasteiger charge is 2.06. The summed E-state index contributed by atoms with van der Waals surface area (Å²) in [6.45, 7) is 0. The van der Waals surface area contributed by atoms with Gasteiger partial charge in [0.15, 0.2) is 0 Å². The number of hydrogen-bond donors (Lipinski definition) is 1. The van der Waals surface area contributed by atoms with E-state index in [-0.39, 0.29) is 5.75 Å². The van der Waals surface area contributed by atoms with Gasteiger partial charge in [-0.25, -0.2) is 9.97 Å². The van der Waals surface area contributed by atoms with E-state index >= 15 is 0 Å². The minimum atomic E-state index is 0.209. The van der Waals surface area contributed by atoms with Gasteiger partial charge in [-0.15, -0.1) is 11.3 Å². The summed E-state index contributed by atoms with van der Waals surface area (Å²) in [5.74, 6) is 1.37. The zero-order valence-electron chi connectivity index (χ0n) is 8.70. The number of rotatable bonds is 2. The van der Waals surface area contributed by atoms with Crippen molar-refractivity contribution < 1.29 is 9.84 Å². The smallest absolute Gasteiger partial charge is 0.231 e. The van der Waals surface area contributed by atoms with Crippen molar-refractivity contribution in [2.45, 2.75) is 0 Å². The van der Waals surface area contributed by atoms with E-state index < -0.39 is 0 Å². The van der Waals surface area contributed by atoms with Crippen molar-refractivity contribution in [1.82, 2.24) is 9.97 Å². The molecule has 0 atom stereocenters. The lowest BCUT2D eigenvalue weighted by Crippen LogP contribution is -1.88. The maximum Gasteiger partial charge on any atom is 0.231 e. The lowest BCUT2D eigenvalue weighted by molar-refractivity contribution is 0.457. The minimum absolute atomic E-state index is 0.209. The molecule has 2 aromatic heterocycles. The topological polar surface area (TPSA) is 55.2 Å². The van der Waals surface area contributed by atoms with Gasteiger partial charge in [0.05, 0.1) is 5.39 Å². The van der Waals surface area contributed by atoms with Crippen LogP contribution >= 0.6 is 11.3 Å². The molecule has 1 N–H and O–H groups in total. The number of phenolic OH excluding ortho intramolecular Hbond substituents is 1. The molecule has 0 spiro atoms. The summed E-state index contributed by atoms with van der Waals surface area (Å²) in [6.07, 6.45) is 1.48. The lowest BCUT2D eigenvalue weighted by atomic mass is 10.3. The van der Waals surface area contributed by atoms with Crippen LogP contribution in [0.15, 0.2) is 42.0 Å². The van der Waals surface area contributed by atoms with Crippen molar-refractivity contribution in [3.05, 3.63) is 42.0 Å². The van der Waals surface area contributed by atoms with Crippen LogP contribution in [0.2, 0.25) is 0 Å². The van der Waals surface area contributed by atoms with Crippen LogP contribution in [-0.4, -0.2) is 15.1 Å². The van der Waals surface area contributed by atoms with E-state index in [0.29, 0.717) is 11.6 Å². The van der Waals surface area contributed by atoms with Gasteiger partial charge in [0, 0.05) is 0 Å². The maximum absolute atomic E-state index is 9.18. The van der Waals surface area contributed by atoms with Crippen LogP contribution in [-0.2, 0) is 0 Å². The zero-order chi connectivity index (χ0) is 11.7. The number of fused-ring (bicyclic) bond motifs is 1. The molecule has 4 nitrogen and oxygen atoms in total. The van der Waals surface area contributed by atoms with Crippen LogP contribution in [0.4, 0.5) is 0 Å². The molecule has 2 heterocycles. The Hall–Kier alpha value is -2.14. The molecular weight excluding hydrogens is 236 g/mol. The maximum atomic E-state index is 9.18. The molecule has 17 heavy (non-hydrogen) atoms. The molecule has 84 valence electrons. The molecule has 3 aromatic rings. The summed E-state index contributed by atoms with van der Waals surface area (Å²) in [5.41, 5.74) is 0. The summed E-state index contributed by atoms with van der Waals surface area (Å²) in [7, 11) is 0. The monoisotopic (exact) mass is 244 g/mol. The fourth-order valence-electron chi connectivity index (χ4n) is 1.47. The third kappa shape index (κ3) is 1.92. The van der Waals surface area contributed by atoms with Gasteiger partial charge in [0.25, 0.3) is 0 Å². The van der Waals surface area contributed by atoms with Crippen molar-refractivity contribution in [3.63, 3.8) is 0 Å². The quantitative estimate of drug-likeness (QED) is 0.752. The Morgan fingerprint density at radius 1 is 1.06 bits per heavy atom. The Bertz CT molecular complexity index is 649. The molecule has 0 saturated carbocycles. The summed E-state index contributed by atoms with van der Waals surface area (Å²) in [4.78, 5) is 9.15. The van der Waals surface area contributed by atoms with Crippen LogP contribution in [0.25, 0.3) is 10.2 Å². The number of hydrogen-bond acceptors (Lipinski definition) is 5. The third-order valence-corrected chi connectivity index (χ3v) is 3.10. The summed E-state index contributed by atoms with van der Waals surface area (Å²) >= 11 is 1.54. The first kappa shape index (κ1) is 10.0. The zero-order valence-corrected chi connectivity index (χ0v) is 9.52. The molecule has 0 saturated heterocycles. The van der Waals surface area contributed by atoms with Crippen LogP contribution < -0.4 is 4.74 Å². The first-order valence-electron chi connectivity index (χ1n) is 4.98. The van der Waals surface area contributed by atoms with Crippen molar-refractivity contribution in [3.8, 4) is 17.4 Å². The number of thiophene rings is 1. The van der Waals surface area contributed by atoms with E-state index in [1.165, 1.54) is 6.33 Å². The van der Waals surface area contributed by atoms with Crippen LogP contribution in [0.5, 0.6) is 17.4 Å². The fourth-order valence-corrected chi connectivity index (χ4v) is 2.20. The van der Waals surface area contributed by atoms with E-state index in [4.69, 9.17) is 4.74 Å². The van der Waals surface area contributed by atoms with Gasteiger partial charge in [-0.1, -0.05) is 0 Å². The Kier molecular flexibility index (Phi) is 2.38. The van der Waals surface area contributed by atoms with Gasteiger partial charge in [0.1, 0.15) is 22.7 Å². The van der Waals surface area contributed by atoms with Gasteiger partial charge >= 0.3 is 0 Å². The second kappa shape index (κ2) is 4.03. The molecule has 0 aliphatic rings. The normalized spacial score (nSPS) is 10.6. The largest absolute Gasteiger partial charge is 0.508 e. The summed E-state index contributed by atoms with van der Waals surface area (Å²) < 4.78 is 5.65. The third-order valence-electron chi connectivity index (χ3n) is 2.28. The van der Waals surface area contributed by atoms with Gasteiger partial charge in [-0.3, -0.25) is 0 Å². The van der Waals surface area contributed by atoms with Crippen molar-refractivity contribution in [1.29, 1.82) is 0 Å². The predicted molar refractivity (Wildman–Crippen MR) is 65.6 cm³/mol. The molecule has 0 aliphatic heterocycles. The van der Waals surface area contributed by atoms with Crippen LogP contribution in [0.3, 0.4) is 0 Å². The van der Waals surface area contributed by atoms with E-state index in [2.05, 4.69) is 9.97 Å². The van der Waals surface area contributed by atoms with Gasteiger partial charge in [-0.05, 0) is 35.7 Å². The second-order valence-electron chi connectivity index (χ2n) is 3.41. The van der Waals surface area contributed by atoms with Gasteiger partial charge < -0.3 is 9.84 Å². The molecule has 0 amide bonds. The number of ether oxygens (including phenoxy) is 1. The highest BCUT2D eigenvalue weighted by molar-refractivity contribution is 7.16. The molecule has 0 bridgehead atoms. The Morgan fingerprint density at radius 2 is 1.88 bits per heavy atom. The average molecular weight is 244 g/mol. The SMILES string of the molecule is Oc1ccc(Oc2ncnc3sccc23)cc1. The van der Waals surface area contributed by atoms with E-state index in [1.807, 2.05) is 11.4 Å². The molecule has 0 unspecified atom stereocenters. The minimum Gasteiger partial charge on any atom is -0.508 e. The molecule has 1 aromatic carbocycles. The van der Waals surface area contributed by atoms with E-state index in [1.54, 1.807) is 35.6 Å². The fraction of sp³-hybridized carbons (Fsp3) is 0. The Balaban J connectivity index is 1.99. The van der Waals surface area contributed by atoms with Crippen LogP contribution in [0, 0.1) is 0 Å². The molecule has 0 radical (unpaired) electrons. The van der Waals surface area contributed by atoms with Crippen LogP contribution in [0.1, 0.15) is 0 Å². The van der Waals surface area contributed by atoms with Crippen molar-refractivity contribution >= 4 is 21.6 Å². The number of benzene rings is 1. The predicted octanol–water partition coefficient (Wildman–Crippen LogP) is 3.19. The Morgan fingerprint density at radius 3 is 2.71 bits per heavy atom. The average Bonchev–Trinajstić information content (AvgIpc) is 2.81. The van der Waals surface area contributed by atoms with Gasteiger partial charge in [-0.2, -0.15) is 0 Å². The van der Waals surface area contributed by atoms with Gasteiger partial charge in [0.2, 0.25) is 5.88 Å². The number of phenols is 1. The molecule has 0 aliphatic carbocycles. The highest BCUT2D eigenvalue weighted by atomic mass is 32.1. The van der Waals surface area contributed by atoms with Crippen molar-refractivity contribution in [2.75, 3.05) is 0 Å². The number of aromatic nitrogens is 2. The highest BCUT2D eigenvalue weighted by Crippen LogP contribution is 2.29. The molecule has 5 heteroatoms. The first-order chi connectivity index (χ1) is 8.33. The molecular formula is C12H8N2O2S. The van der Waals surface area contributed by atoms with E-state index in [9.17, 15) is 5.11 Å². The molecule has 0 fully saturated rings. The first-order valence-corrected chi connectivity index (χ1v) is 5.86. The standard InChI is InChI=1S/C12H8N2O2S/c15-8-1-3-9(4-2-8)16-11-10-5-6-17-12(10)14-7-13-11/h1-7,15H. The lowest BCUT2D eigenvalue weighted by Gasteiger charge is -2.04.